The topological polar surface area (TPSA) is 27.6 Å². The largest absolute Gasteiger partial charge is 0.390 e. The van der Waals surface area contributed by atoms with Gasteiger partial charge in [0, 0.05) is 27.2 Å². The lowest BCUT2D eigenvalue weighted by Gasteiger charge is -2.22. The highest BCUT2D eigenvalue weighted by Gasteiger charge is 2.26. The van der Waals surface area contributed by atoms with Crippen molar-refractivity contribution >= 4 is 29.9 Å². The van der Waals surface area contributed by atoms with Crippen LogP contribution < -0.4 is 5.32 Å². The molecule has 0 unspecified atom stereocenters. The molecule has 20 heavy (non-hydrogen) atoms. The average molecular weight is 407 g/mol. The van der Waals surface area contributed by atoms with Gasteiger partial charge in [-0.2, -0.15) is 13.2 Å². The van der Waals surface area contributed by atoms with Crippen LogP contribution in [0.3, 0.4) is 0 Å². The third kappa shape index (κ3) is 12.6. The summed E-state index contributed by atoms with van der Waals surface area (Å²) in [5, 5.41) is 2.72. The highest BCUT2D eigenvalue weighted by molar-refractivity contribution is 14.0. The van der Waals surface area contributed by atoms with E-state index >= 15 is 0 Å². The van der Waals surface area contributed by atoms with Gasteiger partial charge in [0.2, 0.25) is 0 Å². The number of hydrogen-bond acceptors (Lipinski definition) is 1. The van der Waals surface area contributed by atoms with Crippen LogP contribution in [0.25, 0.3) is 0 Å². The summed E-state index contributed by atoms with van der Waals surface area (Å²) in [6, 6.07) is 0. The third-order valence-electron chi connectivity index (χ3n) is 2.67. The summed E-state index contributed by atoms with van der Waals surface area (Å²) >= 11 is 0. The Kier molecular flexibility index (Phi) is 13.4. The van der Waals surface area contributed by atoms with Crippen LogP contribution in [0.5, 0.6) is 0 Å². The van der Waals surface area contributed by atoms with Crippen molar-refractivity contribution in [3.8, 4) is 0 Å². The molecule has 0 spiro atoms. The molecular weight excluding hydrogens is 382 g/mol. The van der Waals surface area contributed by atoms with Gasteiger partial charge in [0.15, 0.2) is 5.96 Å². The van der Waals surface area contributed by atoms with Crippen molar-refractivity contribution in [3.05, 3.63) is 12.7 Å². The van der Waals surface area contributed by atoms with E-state index in [2.05, 4.69) is 16.9 Å². The zero-order valence-corrected chi connectivity index (χ0v) is 14.5. The number of halogens is 4. The van der Waals surface area contributed by atoms with E-state index in [0.717, 1.165) is 32.2 Å². The average Bonchev–Trinajstić information content (AvgIpc) is 2.33. The molecule has 0 aromatic carbocycles. The number of allylic oxidation sites excluding steroid dienone is 1. The predicted molar refractivity (Wildman–Crippen MR) is 88.7 cm³/mol. The van der Waals surface area contributed by atoms with Crippen molar-refractivity contribution in [2.24, 2.45) is 4.99 Å². The van der Waals surface area contributed by atoms with Crippen molar-refractivity contribution in [1.29, 1.82) is 0 Å². The van der Waals surface area contributed by atoms with Crippen LogP contribution in [0.4, 0.5) is 13.2 Å². The fraction of sp³-hybridized carbons (Fsp3) is 0.769. The SMILES string of the molecule is C=CCCCCCN(C)C(=NC)NCCC(F)(F)F.I. The second-order valence-electron chi connectivity index (χ2n) is 4.40. The second-order valence-corrected chi connectivity index (χ2v) is 4.40. The second kappa shape index (κ2) is 12.3. The van der Waals surface area contributed by atoms with Crippen molar-refractivity contribution < 1.29 is 13.2 Å². The Balaban J connectivity index is 0. The van der Waals surface area contributed by atoms with Gasteiger partial charge in [-0.3, -0.25) is 4.99 Å². The predicted octanol–water partition coefficient (Wildman–Crippen LogP) is 3.81. The van der Waals surface area contributed by atoms with Crippen LogP contribution in [0.1, 0.15) is 32.1 Å². The van der Waals surface area contributed by atoms with Gasteiger partial charge in [-0.25, -0.2) is 0 Å². The van der Waals surface area contributed by atoms with Crippen LogP contribution in [-0.4, -0.2) is 44.2 Å². The number of unbranched alkanes of at least 4 members (excludes halogenated alkanes) is 3. The smallest absolute Gasteiger partial charge is 0.356 e. The maximum atomic E-state index is 12.0. The number of nitrogens with one attached hydrogen (secondary N) is 1. The van der Waals surface area contributed by atoms with Gasteiger partial charge in [-0.15, -0.1) is 30.6 Å². The molecule has 0 saturated heterocycles. The maximum absolute atomic E-state index is 12.0. The van der Waals surface area contributed by atoms with Gasteiger partial charge in [0.25, 0.3) is 0 Å². The van der Waals surface area contributed by atoms with Gasteiger partial charge in [-0.05, 0) is 19.3 Å². The molecule has 0 radical (unpaired) electrons. The van der Waals surface area contributed by atoms with Crippen LogP contribution in [0.2, 0.25) is 0 Å². The number of rotatable bonds is 8. The first-order valence-corrected chi connectivity index (χ1v) is 6.50. The maximum Gasteiger partial charge on any atom is 0.390 e. The number of nitrogens with zero attached hydrogens (tertiary/aromatic N) is 2. The van der Waals surface area contributed by atoms with Gasteiger partial charge in [0.1, 0.15) is 0 Å². The zero-order chi connectivity index (χ0) is 14.7. The summed E-state index contributed by atoms with van der Waals surface area (Å²) in [5.41, 5.74) is 0. The normalized spacial score (nSPS) is 11.8. The summed E-state index contributed by atoms with van der Waals surface area (Å²) in [6.45, 7) is 4.30. The Hall–Kier alpha value is -0.470. The molecule has 120 valence electrons. The Labute approximate surface area is 136 Å². The molecule has 0 amide bonds. The van der Waals surface area contributed by atoms with E-state index in [1.165, 1.54) is 0 Å². The lowest BCUT2D eigenvalue weighted by atomic mass is 10.2. The first-order valence-electron chi connectivity index (χ1n) is 6.50. The van der Waals surface area contributed by atoms with Gasteiger partial charge < -0.3 is 10.2 Å². The number of alkyl halides is 3. The van der Waals surface area contributed by atoms with E-state index in [1.807, 2.05) is 18.0 Å². The Morgan fingerprint density at radius 2 is 1.95 bits per heavy atom. The summed E-state index contributed by atoms with van der Waals surface area (Å²) in [7, 11) is 3.40. The molecule has 0 aliphatic carbocycles. The van der Waals surface area contributed by atoms with Crippen molar-refractivity contribution in [2.75, 3.05) is 27.2 Å². The molecule has 0 atom stereocenters. The molecular formula is C13H25F3IN3. The molecule has 0 aliphatic rings. The first-order chi connectivity index (χ1) is 8.90. The van der Waals surface area contributed by atoms with Gasteiger partial charge >= 0.3 is 6.18 Å². The molecule has 0 heterocycles. The molecule has 7 heteroatoms. The molecule has 0 aromatic rings. The Morgan fingerprint density at radius 1 is 1.30 bits per heavy atom. The van der Waals surface area contributed by atoms with E-state index in [1.54, 1.807) is 7.05 Å². The van der Waals surface area contributed by atoms with Gasteiger partial charge in [0.05, 0.1) is 6.42 Å². The van der Waals surface area contributed by atoms with Crippen LogP contribution in [0.15, 0.2) is 17.6 Å². The van der Waals surface area contributed by atoms with Crippen LogP contribution in [-0.2, 0) is 0 Å². The molecule has 3 nitrogen and oxygen atoms in total. The summed E-state index contributed by atoms with van der Waals surface area (Å²) in [4.78, 5) is 5.82. The summed E-state index contributed by atoms with van der Waals surface area (Å²) < 4.78 is 36.1. The molecule has 0 rings (SSSR count). The van der Waals surface area contributed by atoms with Crippen LogP contribution in [0, 0.1) is 0 Å². The standard InChI is InChI=1S/C13H24F3N3.HI/c1-4-5-6-7-8-11-19(3)12(17-2)18-10-9-13(14,15)16;/h4H,1,5-11H2,2-3H3,(H,17,18);1H. The quantitative estimate of drug-likeness (QED) is 0.218. The fourth-order valence-electron chi connectivity index (χ4n) is 1.62. The minimum absolute atomic E-state index is 0. The Bertz CT molecular complexity index is 281. The minimum Gasteiger partial charge on any atom is -0.356 e. The highest BCUT2D eigenvalue weighted by Crippen LogP contribution is 2.18. The Morgan fingerprint density at radius 3 is 2.45 bits per heavy atom. The summed E-state index contributed by atoms with van der Waals surface area (Å²) in [6.07, 6.45) is 1.08. The lowest BCUT2D eigenvalue weighted by molar-refractivity contribution is -0.132. The van der Waals surface area contributed by atoms with E-state index in [9.17, 15) is 13.2 Å². The molecule has 0 fully saturated rings. The number of guanidine groups is 1. The molecule has 1 N–H and O–H groups in total. The van der Waals surface area contributed by atoms with E-state index in [4.69, 9.17) is 0 Å². The lowest BCUT2D eigenvalue weighted by Crippen LogP contribution is -2.40. The monoisotopic (exact) mass is 407 g/mol. The van der Waals surface area contributed by atoms with E-state index in [-0.39, 0.29) is 30.5 Å². The minimum atomic E-state index is -4.13. The molecule has 0 aliphatic heterocycles. The van der Waals surface area contributed by atoms with Gasteiger partial charge in [-0.1, -0.05) is 12.5 Å². The molecule has 0 saturated carbocycles. The van der Waals surface area contributed by atoms with E-state index in [0.29, 0.717) is 5.96 Å². The first kappa shape index (κ1) is 21.8. The molecule has 0 bridgehead atoms. The third-order valence-corrected chi connectivity index (χ3v) is 2.67. The number of hydrogen-bond donors (Lipinski definition) is 1. The zero-order valence-electron chi connectivity index (χ0n) is 12.2. The van der Waals surface area contributed by atoms with Crippen molar-refractivity contribution in [3.63, 3.8) is 0 Å². The van der Waals surface area contributed by atoms with Crippen LogP contribution >= 0.6 is 24.0 Å². The van der Waals surface area contributed by atoms with E-state index < -0.39 is 12.6 Å². The number of aliphatic imine (C=N–C) groups is 1. The summed E-state index contributed by atoms with van der Waals surface area (Å²) in [5.74, 6) is 0.507. The van der Waals surface area contributed by atoms with Crippen molar-refractivity contribution in [2.45, 2.75) is 38.3 Å². The fourth-order valence-corrected chi connectivity index (χ4v) is 1.62. The highest BCUT2D eigenvalue weighted by atomic mass is 127. The van der Waals surface area contributed by atoms with Crippen molar-refractivity contribution in [1.82, 2.24) is 10.2 Å². The molecule has 0 aromatic heterocycles.